The maximum absolute atomic E-state index is 12.9. The molecule has 106 valence electrons. The molecule has 0 fully saturated rings. The Labute approximate surface area is 129 Å². The second kappa shape index (κ2) is 5.41. The third-order valence-electron chi connectivity index (χ3n) is 3.32. The van der Waals surface area contributed by atoms with Crippen molar-refractivity contribution in [1.82, 2.24) is 9.97 Å². The molecule has 1 aromatic carbocycles. The van der Waals surface area contributed by atoms with Crippen LogP contribution in [0.5, 0.6) is 5.75 Å². The highest BCUT2D eigenvalue weighted by Gasteiger charge is 2.11. The summed E-state index contributed by atoms with van der Waals surface area (Å²) >= 11 is 3.40. The van der Waals surface area contributed by atoms with Gasteiger partial charge >= 0.3 is 0 Å². The minimum atomic E-state index is -0.247. The first-order valence-corrected chi connectivity index (χ1v) is 7.22. The van der Waals surface area contributed by atoms with Crippen LogP contribution in [0.25, 0.3) is 10.9 Å². The van der Waals surface area contributed by atoms with E-state index in [1.54, 1.807) is 25.3 Å². The number of pyridine rings is 2. The number of hydrogen-bond donors (Lipinski definition) is 1. The number of fused-ring (bicyclic) bond motifs is 1. The van der Waals surface area contributed by atoms with E-state index < -0.39 is 0 Å². The van der Waals surface area contributed by atoms with E-state index in [0.717, 1.165) is 16.5 Å². The van der Waals surface area contributed by atoms with Gasteiger partial charge in [0.05, 0.1) is 5.69 Å². The van der Waals surface area contributed by atoms with Crippen LogP contribution in [0, 0.1) is 12.7 Å². The molecule has 0 radical (unpaired) electrons. The van der Waals surface area contributed by atoms with Crippen LogP contribution in [0.3, 0.4) is 0 Å². The van der Waals surface area contributed by atoms with E-state index in [1.807, 2.05) is 6.07 Å². The molecular weight excluding hydrogens is 335 g/mol. The summed E-state index contributed by atoms with van der Waals surface area (Å²) in [6.45, 7) is 1.73. The van der Waals surface area contributed by atoms with Crippen LogP contribution in [-0.2, 0) is 6.42 Å². The van der Waals surface area contributed by atoms with Crippen LogP contribution >= 0.6 is 15.9 Å². The lowest BCUT2D eigenvalue weighted by Gasteiger charge is -2.08. The fourth-order valence-corrected chi connectivity index (χ4v) is 2.79. The third-order valence-corrected chi connectivity index (χ3v) is 3.93. The highest BCUT2D eigenvalue weighted by atomic mass is 79.9. The van der Waals surface area contributed by atoms with Gasteiger partial charge in [0.25, 0.3) is 0 Å². The third kappa shape index (κ3) is 2.74. The molecule has 3 aromatic rings. The van der Waals surface area contributed by atoms with Crippen LogP contribution < -0.4 is 0 Å². The Bertz CT molecular complexity index is 819. The van der Waals surface area contributed by atoms with Crippen molar-refractivity contribution in [3.05, 3.63) is 63.8 Å². The number of hydrogen-bond acceptors (Lipinski definition) is 3. The molecule has 3 nitrogen and oxygen atoms in total. The summed E-state index contributed by atoms with van der Waals surface area (Å²) in [7, 11) is 0. The topological polar surface area (TPSA) is 46.0 Å². The summed E-state index contributed by atoms with van der Waals surface area (Å²) in [6.07, 6.45) is 2.36. The zero-order valence-electron chi connectivity index (χ0n) is 11.3. The largest absolute Gasteiger partial charge is 0.504 e. The molecule has 0 spiro atoms. The Morgan fingerprint density at radius 3 is 2.62 bits per heavy atom. The van der Waals surface area contributed by atoms with E-state index in [9.17, 15) is 9.50 Å². The van der Waals surface area contributed by atoms with Crippen molar-refractivity contribution in [3.63, 3.8) is 0 Å². The number of aromatic nitrogens is 2. The molecule has 0 aliphatic heterocycles. The van der Waals surface area contributed by atoms with Gasteiger partial charge in [-0.2, -0.15) is 0 Å². The van der Waals surface area contributed by atoms with Crippen molar-refractivity contribution in [2.24, 2.45) is 0 Å². The van der Waals surface area contributed by atoms with Gasteiger partial charge < -0.3 is 5.11 Å². The molecule has 0 saturated heterocycles. The highest BCUT2D eigenvalue weighted by Crippen LogP contribution is 2.31. The van der Waals surface area contributed by atoms with Gasteiger partial charge in [-0.15, -0.1) is 0 Å². The molecule has 0 aliphatic rings. The molecule has 0 bridgehead atoms. The molecular formula is C16H12BrFN2O. The predicted octanol–water partition coefficient (Wildman–Crippen LogP) is 4.14. The Kier molecular flexibility index (Phi) is 3.59. The Hall–Kier alpha value is -2.01. The summed E-state index contributed by atoms with van der Waals surface area (Å²) < 4.78 is 13.6. The minimum absolute atomic E-state index is 0.0986. The van der Waals surface area contributed by atoms with Crippen molar-refractivity contribution < 1.29 is 9.50 Å². The first kappa shape index (κ1) is 13.9. The molecule has 21 heavy (non-hydrogen) atoms. The zero-order chi connectivity index (χ0) is 15.0. The van der Waals surface area contributed by atoms with Crippen LogP contribution in [0.1, 0.15) is 16.8 Å². The van der Waals surface area contributed by atoms with Crippen molar-refractivity contribution in [3.8, 4) is 5.75 Å². The van der Waals surface area contributed by atoms with Gasteiger partial charge in [-0.25, -0.2) is 9.37 Å². The van der Waals surface area contributed by atoms with Crippen LogP contribution in [-0.4, -0.2) is 15.1 Å². The van der Waals surface area contributed by atoms with Gasteiger partial charge in [0.1, 0.15) is 15.9 Å². The summed E-state index contributed by atoms with van der Waals surface area (Å²) in [4.78, 5) is 8.56. The van der Waals surface area contributed by atoms with E-state index in [2.05, 4.69) is 25.9 Å². The quantitative estimate of drug-likeness (QED) is 0.709. The lowest BCUT2D eigenvalue weighted by molar-refractivity contribution is 0.472. The molecule has 3 rings (SSSR count). The van der Waals surface area contributed by atoms with Crippen molar-refractivity contribution in [2.75, 3.05) is 0 Å². The van der Waals surface area contributed by atoms with Gasteiger partial charge in [0.15, 0.2) is 5.75 Å². The predicted molar refractivity (Wildman–Crippen MR) is 82.8 cm³/mol. The average molecular weight is 347 g/mol. The summed E-state index contributed by atoms with van der Waals surface area (Å²) in [6, 6.07) is 8.31. The highest BCUT2D eigenvalue weighted by molar-refractivity contribution is 9.10. The molecule has 0 aliphatic carbocycles. The van der Waals surface area contributed by atoms with Crippen molar-refractivity contribution in [1.29, 1.82) is 0 Å². The molecule has 0 atom stereocenters. The summed E-state index contributed by atoms with van der Waals surface area (Å²) in [5.74, 6) is -0.149. The number of rotatable bonds is 2. The second-order valence-electron chi connectivity index (χ2n) is 4.88. The van der Waals surface area contributed by atoms with E-state index in [4.69, 9.17) is 0 Å². The molecule has 1 N–H and O–H groups in total. The van der Waals surface area contributed by atoms with Crippen molar-refractivity contribution >= 4 is 26.8 Å². The number of aryl methyl sites for hydroxylation is 1. The lowest BCUT2D eigenvalue weighted by Crippen LogP contribution is -1.94. The van der Waals surface area contributed by atoms with Gasteiger partial charge in [0.2, 0.25) is 0 Å². The Balaban J connectivity index is 2.03. The molecule has 0 amide bonds. The smallest absolute Gasteiger partial charge is 0.163 e. The monoisotopic (exact) mass is 346 g/mol. The maximum Gasteiger partial charge on any atom is 0.163 e. The van der Waals surface area contributed by atoms with Crippen LogP contribution in [0.4, 0.5) is 4.39 Å². The summed E-state index contributed by atoms with van der Waals surface area (Å²) in [5, 5.41) is 10.8. The minimum Gasteiger partial charge on any atom is -0.504 e. The zero-order valence-corrected chi connectivity index (χ0v) is 12.9. The molecule has 0 saturated carbocycles. The van der Waals surface area contributed by atoms with E-state index in [-0.39, 0.29) is 11.6 Å². The van der Waals surface area contributed by atoms with Gasteiger partial charge in [-0.1, -0.05) is 12.1 Å². The van der Waals surface area contributed by atoms with Gasteiger partial charge in [-0.05, 0) is 58.6 Å². The van der Waals surface area contributed by atoms with E-state index in [1.165, 1.54) is 12.1 Å². The number of nitrogens with zero attached hydrogens (tertiary/aromatic N) is 2. The maximum atomic E-state index is 12.9. The standard InChI is InChI=1S/C16H12BrFN2O/c1-9-15(21)14-13(16(17)20-9)7-11(8-19-14)6-10-2-4-12(18)5-3-10/h2-5,7-8,21H,6H2,1H3. The lowest BCUT2D eigenvalue weighted by atomic mass is 10.1. The number of halogens is 2. The van der Waals surface area contributed by atoms with Crippen LogP contribution in [0.15, 0.2) is 41.1 Å². The summed E-state index contributed by atoms with van der Waals surface area (Å²) in [5.41, 5.74) is 3.03. The van der Waals surface area contributed by atoms with E-state index >= 15 is 0 Å². The SMILES string of the molecule is Cc1nc(Br)c2cc(Cc3ccc(F)cc3)cnc2c1O. The number of benzene rings is 1. The first-order chi connectivity index (χ1) is 10.0. The van der Waals surface area contributed by atoms with Crippen molar-refractivity contribution in [2.45, 2.75) is 13.3 Å². The number of aromatic hydroxyl groups is 1. The molecule has 2 aromatic heterocycles. The van der Waals surface area contributed by atoms with Gasteiger partial charge in [0, 0.05) is 11.6 Å². The molecule has 0 unspecified atom stereocenters. The first-order valence-electron chi connectivity index (χ1n) is 6.43. The Morgan fingerprint density at radius 1 is 1.19 bits per heavy atom. The molecule has 2 heterocycles. The molecule has 5 heteroatoms. The Morgan fingerprint density at radius 2 is 1.90 bits per heavy atom. The fourth-order valence-electron chi connectivity index (χ4n) is 2.22. The van der Waals surface area contributed by atoms with E-state index in [0.29, 0.717) is 22.2 Å². The second-order valence-corrected chi connectivity index (χ2v) is 5.63. The fraction of sp³-hybridized carbons (Fsp3) is 0.125. The van der Waals surface area contributed by atoms with Crippen LogP contribution in [0.2, 0.25) is 0 Å². The average Bonchev–Trinajstić information content (AvgIpc) is 2.47. The van der Waals surface area contributed by atoms with Gasteiger partial charge in [-0.3, -0.25) is 4.98 Å². The normalized spacial score (nSPS) is 11.0.